The summed E-state index contributed by atoms with van der Waals surface area (Å²) in [5.74, 6) is 1.93. The van der Waals surface area contributed by atoms with Crippen molar-refractivity contribution < 1.29 is 4.42 Å². The number of aromatic nitrogens is 4. The lowest BCUT2D eigenvalue weighted by Gasteiger charge is -2.21. The smallest absolute Gasteiger partial charge is 0.228 e. The van der Waals surface area contributed by atoms with Crippen LogP contribution >= 0.6 is 0 Å². The van der Waals surface area contributed by atoms with Gasteiger partial charge in [-0.15, -0.1) is 0 Å². The molecular weight excluding hydrogens is 733 g/mol. The maximum absolute atomic E-state index is 6.35. The van der Waals surface area contributed by atoms with Gasteiger partial charge < -0.3 is 4.42 Å². The van der Waals surface area contributed by atoms with Crippen LogP contribution in [0.3, 0.4) is 0 Å². The lowest BCUT2D eigenvalue weighted by Crippen LogP contribution is -2.15. The summed E-state index contributed by atoms with van der Waals surface area (Å²) < 4.78 is 6.35. The van der Waals surface area contributed by atoms with Crippen LogP contribution < -0.4 is 0 Å². The lowest BCUT2D eigenvalue weighted by molar-refractivity contribution is 0.655. The molecule has 8 aromatic carbocycles. The summed E-state index contributed by atoms with van der Waals surface area (Å²) in [4.78, 5) is 20.5. The highest BCUT2D eigenvalue weighted by molar-refractivity contribution is 6.21. The molecule has 0 amide bonds. The van der Waals surface area contributed by atoms with Crippen molar-refractivity contribution in [1.82, 2.24) is 19.9 Å². The summed E-state index contributed by atoms with van der Waals surface area (Å²) in [6, 6.07) is 63.8. The Labute approximate surface area is 346 Å². The van der Waals surface area contributed by atoms with Gasteiger partial charge in [-0.25, -0.2) is 19.9 Å². The highest BCUT2D eigenvalue weighted by Crippen LogP contribution is 2.49. The van der Waals surface area contributed by atoms with Crippen molar-refractivity contribution >= 4 is 43.6 Å². The minimum atomic E-state index is -0.134. The molecule has 0 atom stereocenters. The van der Waals surface area contributed by atoms with E-state index in [4.69, 9.17) is 24.4 Å². The van der Waals surface area contributed by atoms with E-state index in [9.17, 15) is 0 Å². The van der Waals surface area contributed by atoms with E-state index < -0.39 is 0 Å². The van der Waals surface area contributed by atoms with Crippen LogP contribution in [0.25, 0.3) is 111 Å². The van der Waals surface area contributed by atoms with E-state index in [1.54, 1.807) is 0 Å². The van der Waals surface area contributed by atoms with Gasteiger partial charge in [0.2, 0.25) is 5.71 Å². The fourth-order valence-corrected chi connectivity index (χ4v) is 9.40. The number of hydrogen-bond donors (Lipinski definition) is 0. The molecule has 5 nitrogen and oxygen atoms in total. The molecule has 3 aromatic heterocycles. The molecule has 0 N–H and O–H groups in total. The molecule has 0 bridgehead atoms. The van der Waals surface area contributed by atoms with Crippen molar-refractivity contribution in [2.45, 2.75) is 19.3 Å². The molecule has 0 spiro atoms. The zero-order chi connectivity index (χ0) is 40.0. The zero-order valence-corrected chi connectivity index (χ0v) is 33.0. The van der Waals surface area contributed by atoms with Gasteiger partial charge in [-0.3, -0.25) is 0 Å². The second-order valence-electron chi connectivity index (χ2n) is 16.2. The van der Waals surface area contributed by atoms with Crippen molar-refractivity contribution in [2.75, 3.05) is 0 Å². The molecule has 3 heterocycles. The van der Waals surface area contributed by atoms with Crippen LogP contribution in [0.2, 0.25) is 0 Å². The number of fused-ring (bicyclic) bond motifs is 9. The molecule has 0 saturated carbocycles. The summed E-state index contributed by atoms with van der Waals surface area (Å²) in [6.07, 6.45) is 0. The predicted molar refractivity (Wildman–Crippen MR) is 245 cm³/mol. The number of pyridine rings is 1. The Morgan fingerprint density at radius 3 is 1.65 bits per heavy atom. The molecule has 1 aliphatic rings. The van der Waals surface area contributed by atoms with Crippen LogP contribution in [0, 0.1) is 0 Å². The molecule has 11 aromatic rings. The third kappa shape index (κ3) is 5.26. The Bertz CT molecular complexity index is 3510. The first-order chi connectivity index (χ1) is 29.5. The van der Waals surface area contributed by atoms with Gasteiger partial charge in [-0.05, 0) is 61.7 Å². The number of para-hydroxylation sites is 1. The lowest BCUT2D eigenvalue weighted by atomic mass is 9.82. The minimum absolute atomic E-state index is 0.134. The Morgan fingerprint density at radius 2 is 0.883 bits per heavy atom. The quantitative estimate of drug-likeness (QED) is 0.174. The highest BCUT2D eigenvalue weighted by Gasteiger charge is 2.35. The first-order valence-electron chi connectivity index (χ1n) is 20.4. The van der Waals surface area contributed by atoms with Gasteiger partial charge in [-0.1, -0.05) is 184 Å². The zero-order valence-electron chi connectivity index (χ0n) is 33.0. The van der Waals surface area contributed by atoms with Gasteiger partial charge in [0, 0.05) is 38.4 Å². The number of nitrogens with zero attached hydrogens (tertiary/aromatic N) is 4. The van der Waals surface area contributed by atoms with E-state index >= 15 is 0 Å². The Morgan fingerprint density at radius 1 is 0.367 bits per heavy atom. The summed E-state index contributed by atoms with van der Waals surface area (Å²) in [5, 5.41) is 6.63. The number of rotatable bonds is 5. The number of hydrogen-bond acceptors (Lipinski definition) is 5. The van der Waals surface area contributed by atoms with Gasteiger partial charge in [0.25, 0.3) is 0 Å². The normalized spacial score (nSPS) is 13.0. The van der Waals surface area contributed by atoms with Crippen LogP contribution in [0.4, 0.5) is 0 Å². The molecule has 0 radical (unpaired) electrons. The molecular formula is C55H36N4O. The summed E-state index contributed by atoms with van der Waals surface area (Å²) >= 11 is 0. The van der Waals surface area contributed by atoms with E-state index in [0.717, 1.165) is 77.0 Å². The second-order valence-corrected chi connectivity index (χ2v) is 16.2. The highest BCUT2D eigenvalue weighted by atomic mass is 16.3. The maximum atomic E-state index is 6.35. The van der Waals surface area contributed by atoms with Crippen molar-refractivity contribution in [2.24, 2.45) is 0 Å². The fourth-order valence-electron chi connectivity index (χ4n) is 9.40. The molecule has 1 aliphatic carbocycles. The molecule has 5 heteroatoms. The predicted octanol–water partition coefficient (Wildman–Crippen LogP) is 14.1. The maximum Gasteiger partial charge on any atom is 0.228 e. The molecule has 0 unspecified atom stereocenters. The average Bonchev–Trinajstić information content (AvgIpc) is 3.80. The number of benzene rings is 8. The first kappa shape index (κ1) is 34.3. The molecule has 60 heavy (non-hydrogen) atoms. The van der Waals surface area contributed by atoms with E-state index in [2.05, 4.69) is 166 Å². The van der Waals surface area contributed by atoms with E-state index in [0.29, 0.717) is 23.2 Å². The first-order valence-corrected chi connectivity index (χ1v) is 20.4. The van der Waals surface area contributed by atoms with Crippen LogP contribution in [0.1, 0.15) is 25.0 Å². The van der Waals surface area contributed by atoms with Crippen molar-refractivity contribution in [3.05, 3.63) is 193 Å². The molecule has 0 saturated heterocycles. The van der Waals surface area contributed by atoms with Crippen LogP contribution in [-0.2, 0) is 5.41 Å². The summed E-state index contributed by atoms with van der Waals surface area (Å²) in [6.45, 7) is 4.60. The topological polar surface area (TPSA) is 64.7 Å². The van der Waals surface area contributed by atoms with Gasteiger partial charge in [0.05, 0.1) is 11.1 Å². The Hall–Kier alpha value is -7.76. The van der Waals surface area contributed by atoms with E-state index in [-0.39, 0.29) is 5.41 Å². The van der Waals surface area contributed by atoms with Gasteiger partial charge in [0.15, 0.2) is 17.5 Å². The monoisotopic (exact) mass is 768 g/mol. The fraction of sp³-hybridized carbons (Fsp3) is 0.0545. The molecule has 282 valence electrons. The van der Waals surface area contributed by atoms with Gasteiger partial charge >= 0.3 is 0 Å². The third-order valence-electron chi connectivity index (χ3n) is 12.4. The molecule has 0 fully saturated rings. The minimum Gasteiger partial charge on any atom is -0.438 e. The molecule has 0 aliphatic heterocycles. The van der Waals surface area contributed by atoms with E-state index in [1.807, 2.05) is 30.3 Å². The largest absolute Gasteiger partial charge is 0.438 e. The third-order valence-corrected chi connectivity index (χ3v) is 12.4. The van der Waals surface area contributed by atoms with Crippen LogP contribution in [0.15, 0.2) is 186 Å². The SMILES string of the molecule is CC1(C)c2ccccc2-c2ccc(-c3nc(-c4ccccc4)nc(-c4ccc(-c5ccc(-c6nc7oc8ccccc8c7c7ccccc67)c6ccccc56)cc4)n3)cc21. The number of furan rings is 1. The van der Waals surface area contributed by atoms with Crippen molar-refractivity contribution in [3.8, 4) is 67.7 Å². The summed E-state index contributed by atoms with van der Waals surface area (Å²) in [5.41, 5.74) is 13.6. The molecule has 12 rings (SSSR count). The standard InChI is InChI=1S/C55H36N4O/c1-55(2)46-22-12-10-18-40(46)41-29-28-36(32-47(41)55)53-58-51(34-14-4-3-5-15-34)57-52(59-53)35-26-24-33(25-27-35)37-30-31-44(39-17-7-6-16-38(37)39)50-43-20-9-8-19-42(43)49-45-21-11-13-23-48(45)60-54(49)56-50/h3-32H,1-2H3. The Balaban J connectivity index is 0.955. The van der Waals surface area contributed by atoms with Crippen LogP contribution in [-0.4, -0.2) is 19.9 Å². The average molecular weight is 769 g/mol. The summed E-state index contributed by atoms with van der Waals surface area (Å²) in [7, 11) is 0. The Kier molecular flexibility index (Phi) is 7.51. The van der Waals surface area contributed by atoms with Crippen molar-refractivity contribution in [1.29, 1.82) is 0 Å². The van der Waals surface area contributed by atoms with E-state index in [1.165, 1.54) is 22.3 Å². The van der Waals surface area contributed by atoms with Gasteiger partial charge in [0.1, 0.15) is 5.58 Å². The van der Waals surface area contributed by atoms with Crippen LogP contribution in [0.5, 0.6) is 0 Å². The second kappa shape index (κ2) is 13.1. The van der Waals surface area contributed by atoms with Gasteiger partial charge in [-0.2, -0.15) is 0 Å². The van der Waals surface area contributed by atoms with Crippen molar-refractivity contribution in [3.63, 3.8) is 0 Å².